The zero-order valence-electron chi connectivity index (χ0n) is 22.9. The third-order valence-corrected chi connectivity index (χ3v) is 9.21. The van der Waals surface area contributed by atoms with E-state index in [-0.39, 0.29) is 31.3 Å². The van der Waals surface area contributed by atoms with Crippen LogP contribution in [0.15, 0.2) is 42.6 Å². The number of aromatic nitrogens is 1. The van der Waals surface area contributed by atoms with Gasteiger partial charge in [0.1, 0.15) is 12.1 Å². The topological polar surface area (TPSA) is 88.8 Å². The van der Waals surface area contributed by atoms with Crippen LogP contribution in [0, 0.1) is 5.41 Å². The third-order valence-electron chi connectivity index (χ3n) is 9.21. The lowest BCUT2D eigenvalue weighted by atomic mass is 9.67. The van der Waals surface area contributed by atoms with Crippen molar-refractivity contribution in [2.75, 3.05) is 26.2 Å². The summed E-state index contributed by atoms with van der Waals surface area (Å²) in [5.41, 5.74) is 5.22. The predicted octanol–water partition coefficient (Wildman–Crippen LogP) is 5.19. The van der Waals surface area contributed by atoms with Gasteiger partial charge in [-0.15, -0.1) is 0 Å². The molecule has 2 amide bonds. The van der Waals surface area contributed by atoms with Gasteiger partial charge in [0.25, 0.3) is 5.91 Å². The molecule has 1 aliphatic carbocycles. The van der Waals surface area contributed by atoms with Crippen LogP contribution in [-0.4, -0.2) is 70.6 Å². The number of amides is 2. The van der Waals surface area contributed by atoms with Crippen molar-refractivity contribution in [3.8, 4) is 17.0 Å². The first-order valence-electron chi connectivity index (χ1n) is 14.1. The van der Waals surface area contributed by atoms with Crippen molar-refractivity contribution in [3.05, 3.63) is 48.2 Å². The van der Waals surface area contributed by atoms with Gasteiger partial charge in [-0.3, -0.25) is 14.5 Å². The van der Waals surface area contributed by atoms with Gasteiger partial charge in [0.05, 0.1) is 5.41 Å². The SMILES string of the molecule is C[C@@]1(C(N)=O)CCCN1C(=O)c1ccc(-c2ccc(OCC3CCCCN3CC3(C(F)(F)F)CCC3)nc2)cc1. The van der Waals surface area contributed by atoms with Gasteiger partial charge in [0, 0.05) is 42.5 Å². The fraction of sp³-hybridized carbons (Fsp3) is 0.567. The molecule has 1 aromatic carbocycles. The van der Waals surface area contributed by atoms with E-state index in [1.165, 1.54) is 0 Å². The number of carbonyl (C=O) groups is 2. The Kier molecular flexibility index (Phi) is 7.83. The Morgan fingerprint density at radius 2 is 1.73 bits per heavy atom. The number of primary amides is 1. The number of hydrogen-bond acceptors (Lipinski definition) is 5. The van der Waals surface area contributed by atoms with Crippen molar-refractivity contribution < 1.29 is 27.5 Å². The number of hydrogen-bond donors (Lipinski definition) is 1. The lowest BCUT2D eigenvalue weighted by molar-refractivity contribution is -0.258. The molecule has 0 radical (unpaired) electrons. The number of pyridine rings is 1. The summed E-state index contributed by atoms with van der Waals surface area (Å²) >= 11 is 0. The second-order valence-electron chi connectivity index (χ2n) is 11.7. The molecule has 0 spiro atoms. The first-order chi connectivity index (χ1) is 19.0. The maximum atomic E-state index is 13.8. The summed E-state index contributed by atoms with van der Waals surface area (Å²) in [6.45, 7) is 3.22. The molecule has 2 aliphatic heterocycles. The maximum absolute atomic E-state index is 13.8. The van der Waals surface area contributed by atoms with E-state index in [9.17, 15) is 22.8 Å². The summed E-state index contributed by atoms with van der Waals surface area (Å²) < 4.78 is 47.2. The van der Waals surface area contributed by atoms with E-state index < -0.39 is 23.0 Å². The monoisotopic (exact) mass is 558 g/mol. The molecule has 7 nitrogen and oxygen atoms in total. The largest absolute Gasteiger partial charge is 0.476 e. The van der Waals surface area contributed by atoms with E-state index in [4.69, 9.17) is 10.5 Å². The number of piperidine rings is 1. The number of nitrogens with zero attached hydrogens (tertiary/aromatic N) is 3. The van der Waals surface area contributed by atoms with E-state index in [2.05, 4.69) is 4.98 Å². The zero-order valence-corrected chi connectivity index (χ0v) is 22.9. The molecule has 1 aromatic heterocycles. The molecule has 3 fully saturated rings. The molecule has 40 heavy (non-hydrogen) atoms. The van der Waals surface area contributed by atoms with E-state index in [0.717, 1.165) is 36.8 Å². The van der Waals surface area contributed by atoms with Crippen molar-refractivity contribution >= 4 is 11.8 Å². The molecule has 1 saturated carbocycles. The van der Waals surface area contributed by atoms with Gasteiger partial charge in [0.15, 0.2) is 0 Å². The molecule has 2 atom stereocenters. The lowest BCUT2D eigenvalue weighted by Crippen LogP contribution is -2.56. The van der Waals surface area contributed by atoms with Crippen LogP contribution < -0.4 is 10.5 Å². The van der Waals surface area contributed by atoms with Gasteiger partial charge >= 0.3 is 6.18 Å². The maximum Gasteiger partial charge on any atom is 0.395 e. The summed E-state index contributed by atoms with van der Waals surface area (Å²) in [6, 6.07) is 10.7. The Balaban J connectivity index is 1.19. The summed E-state index contributed by atoms with van der Waals surface area (Å²) in [5, 5.41) is 0. The average molecular weight is 559 g/mol. The molecule has 1 unspecified atom stereocenters. The van der Waals surface area contributed by atoms with E-state index in [1.807, 2.05) is 23.1 Å². The third kappa shape index (κ3) is 5.42. The van der Waals surface area contributed by atoms with Crippen molar-refractivity contribution in [2.24, 2.45) is 11.1 Å². The number of ether oxygens (including phenoxy) is 1. The Bertz CT molecular complexity index is 1210. The summed E-state index contributed by atoms with van der Waals surface area (Å²) in [5.74, 6) is -0.291. The first-order valence-corrected chi connectivity index (χ1v) is 14.1. The van der Waals surface area contributed by atoms with Gasteiger partial charge in [-0.2, -0.15) is 13.2 Å². The van der Waals surface area contributed by atoms with Gasteiger partial charge in [-0.05, 0) is 75.8 Å². The number of alkyl halides is 3. The summed E-state index contributed by atoms with van der Waals surface area (Å²) in [6.07, 6.45) is 2.56. The highest BCUT2D eigenvalue weighted by atomic mass is 19.4. The van der Waals surface area contributed by atoms with Crippen LogP contribution in [0.25, 0.3) is 11.1 Å². The molecule has 5 rings (SSSR count). The molecule has 10 heteroatoms. The fourth-order valence-corrected chi connectivity index (χ4v) is 6.30. The first kappa shape index (κ1) is 28.4. The second-order valence-corrected chi connectivity index (χ2v) is 11.7. The van der Waals surface area contributed by atoms with Crippen LogP contribution in [0.4, 0.5) is 13.2 Å². The fourth-order valence-electron chi connectivity index (χ4n) is 6.30. The van der Waals surface area contributed by atoms with Crippen molar-refractivity contribution in [3.63, 3.8) is 0 Å². The second kappa shape index (κ2) is 11.0. The lowest BCUT2D eigenvalue weighted by Gasteiger charge is -2.48. The smallest absolute Gasteiger partial charge is 0.395 e. The average Bonchev–Trinajstić information content (AvgIpc) is 3.32. The molecule has 2 aromatic rings. The minimum absolute atomic E-state index is 0.0505. The van der Waals surface area contributed by atoms with E-state index >= 15 is 0 Å². The number of benzene rings is 1. The number of likely N-dealkylation sites (tertiary alicyclic amines) is 2. The van der Waals surface area contributed by atoms with Crippen LogP contribution in [0.5, 0.6) is 5.88 Å². The molecule has 3 heterocycles. The number of rotatable bonds is 8. The van der Waals surface area contributed by atoms with E-state index in [0.29, 0.717) is 44.0 Å². The van der Waals surface area contributed by atoms with Crippen LogP contribution in [0.1, 0.15) is 68.6 Å². The minimum Gasteiger partial charge on any atom is -0.476 e. The standard InChI is InChI=1S/C30H37F3N4O3/c1-28(27(34)39)13-5-17-37(28)26(38)22-9-7-21(8-10-22)23-11-12-25(35-18-23)40-19-24-6-2-3-16-36(24)20-29(14-4-15-29)30(31,32)33/h7-12,18,24H,2-6,13-17,19-20H2,1H3,(H2,34,39)/t24?,28-/m0/s1. The van der Waals surface area contributed by atoms with E-state index in [1.54, 1.807) is 36.2 Å². The highest BCUT2D eigenvalue weighted by Gasteiger charge is 2.59. The molecular formula is C30H37F3N4O3. The molecule has 2 N–H and O–H groups in total. The van der Waals surface area contributed by atoms with Crippen molar-refractivity contribution in [2.45, 2.75) is 76.0 Å². The van der Waals surface area contributed by atoms with Gasteiger partial charge in [-0.1, -0.05) is 25.0 Å². The summed E-state index contributed by atoms with van der Waals surface area (Å²) in [7, 11) is 0. The molecular weight excluding hydrogens is 521 g/mol. The van der Waals surface area contributed by atoms with Crippen molar-refractivity contribution in [1.29, 1.82) is 0 Å². The Morgan fingerprint density at radius 3 is 2.33 bits per heavy atom. The summed E-state index contributed by atoms with van der Waals surface area (Å²) in [4.78, 5) is 33.0. The zero-order chi connectivity index (χ0) is 28.5. The Morgan fingerprint density at radius 1 is 1.00 bits per heavy atom. The highest BCUT2D eigenvalue weighted by Crippen LogP contribution is 2.53. The highest BCUT2D eigenvalue weighted by molar-refractivity contribution is 5.99. The van der Waals surface area contributed by atoms with Crippen LogP contribution in [-0.2, 0) is 4.79 Å². The van der Waals surface area contributed by atoms with Gasteiger partial charge < -0.3 is 15.4 Å². The molecule has 3 aliphatic rings. The number of carbonyl (C=O) groups excluding carboxylic acids is 2. The van der Waals surface area contributed by atoms with Crippen LogP contribution >= 0.6 is 0 Å². The van der Waals surface area contributed by atoms with Gasteiger partial charge in [-0.25, -0.2) is 4.98 Å². The number of nitrogens with two attached hydrogens (primary N) is 1. The van der Waals surface area contributed by atoms with Gasteiger partial charge in [0.2, 0.25) is 11.8 Å². The van der Waals surface area contributed by atoms with Crippen LogP contribution in [0.2, 0.25) is 0 Å². The molecule has 216 valence electrons. The minimum atomic E-state index is -4.17. The molecule has 0 bridgehead atoms. The van der Waals surface area contributed by atoms with Crippen molar-refractivity contribution in [1.82, 2.24) is 14.8 Å². The number of halogens is 3. The predicted molar refractivity (Wildman–Crippen MR) is 145 cm³/mol. The van der Waals surface area contributed by atoms with Crippen LogP contribution in [0.3, 0.4) is 0 Å². The quantitative estimate of drug-likeness (QED) is 0.482. The Hall–Kier alpha value is -3.14. The molecule has 2 saturated heterocycles. The normalized spacial score (nSPS) is 24.9. The Labute approximate surface area is 232 Å².